The van der Waals surface area contributed by atoms with E-state index in [1.54, 1.807) is 38.8 Å². The Morgan fingerprint density at radius 1 is 0.875 bits per heavy atom. The molecule has 1 unspecified atom stereocenters. The number of rotatable bonds is 14. The van der Waals surface area contributed by atoms with Crippen LogP contribution in [0.25, 0.3) is 0 Å². The molecule has 1 atom stereocenters. The van der Waals surface area contributed by atoms with Gasteiger partial charge >= 0.3 is 0 Å². The number of fused-ring (bicyclic) bond motifs is 1. The van der Waals surface area contributed by atoms with Crippen molar-refractivity contribution < 1.29 is 38.0 Å². The third kappa shape index (κ3) is 9.72. The highest BCUT2D eigenvalue weighted by Gasteiger charge is 2.46. The Morgan fingerprint density at radius 2 is 1.64 bits per heavy atom. The highest BCUT2D eigenvalue weighted by molar-refractivity contribution is 7.70. The monoisotopic (exact) mass is 909 g/mol. The lowest BCUT2D eigenvalue weighted by molar-refractivity contribution is -0.136. The maximum atomic E-state index is 13.4. The largest absolute Gasteiger partial charge is 0.496 e. The van der Waals surface area contributed by atoms with Crippen LogP contribution < -0.4 is 25.0 Å². The van der Waals surface area contributed by atoms with Gasteiger partial charge < -0.3 is 23.8 Å². The van der Waals surface area contributed by atoms with Crippen LogP contribution in [-0.2, 0) is 31.8 Å². The molecule has 1 N–H and O–H groups in total. The molecule has 3 fully saturated rings. The lowest BCUT2D eigenvalue weighted by atomic mass is 10.0. The second kappa shape index (κ2) is 19.2. The first-order valence-corrected chi connectivity index (χ1v) is 24.8. The van der Waals surface area contributed by atoms with Crippen LogP contribution in [0.2, 0.25) is 5.02 Å². The number of amides is 5. The SMILES string of the molecule is COc1cc(N2CCC(N3CCN(C(=O)CCCOc4cccc5c4C(=O)N(C4CCC(=O)NC4=O)C5=O)CC3)CC2)ccc1Cc1ncc(Cl)c(Cc2ccccc2P(C)(C)=O)n1. The van der Waals surface area contributed by atoms with Crippen molar-refractivity contribution in [2.45, 2.75) is 63.5 Å². The molecular weight excluding hydrogens is 857 g/mol. The van der Waals surface area contributed by atoms with Crippen molar-refractivity contribution in [2.75, 3.05) is 71.2 Å². The molecule has 17 heteroatoms. The van der Waals surface area contributed by atoms with Gasteiger partial charge in [-0.25, -0.2) is 9.97 Å². The van der Waals surface area contributed by atoms with Gasteiger partial charge in [0, 0.05) is 99.8 Å². The molecule has 5 heterocycles. The fraction of sp³-hybridized carbons (Fsp3) is 0.426. The smallest absolute Gasteiger partial charge is 0.266 e. The molecule has 4 aromatic rings. The first kappa shape index (κ1) is 45.0. The van der Waals surface area contributed by atoms with E-state index >= 15 is 0 Å². The van der Waals surface area contributed by atoms with E-state index in [1.807, 2.05) is 29.2 Å². The van der Waals surface area contributed by atoms with E-state index in [1.165, 1.54) is 6.07 Å². The Hall–Kier alpha value is -5.63. The number of imide groups is 2. The summed E-state index contributed by atoms with van der Waals surface area (Å²) >= 11 is 6.56. The number of carbonyl (C=O) groups is 5. The van der Waals surface area contributed by atoms with Crippen LogP contribution in [0.15, 0.2) is 66.9 Å². The summed E-state index contributed by atoms with van der Waals surface area (Å²) in [7, 11) is -0.813. The molecule has 15 nitrogen and oxygen atoms in total. The number of hydrogen-bond donors (Lipinski definition) is 1. The van der Waals surface area contributed by atoms with Crippen LogP contribution in [0.3, 0.4) is 0 Å². The summed E-state index contributed by atoms with van der Waals surface area (Å²) in [5.41, 5.74) is 3.96. The van der Waals surface area contributed by atoms with Gasteiger partial charge in [-0.3, -0.25) is 39.1 Å². The number of halogens is 1. The molecule has 336 valence electrons. The number of aromatic nitrogens is 2. The van der Waals surface area contributed by atoms with Crippen molar-refractivity contribution in [2.24, 2.45) is 0 Å². The molecule has 5 amide bonds. The zero-order valence-electron chi connectivity index (χ0n) is 36.4. The van der Waals surface area contributed by atoms with Crippen molar-refractivity contribution in [3.8, 4) is 11.5 Å². The minimum absolute atomic E-state index is 0.0409. The molecule has 0 spiro atoms. The molecule has 3 aromatic carbocycles. The third-order valence-corrected chi connectivity index (χ3v) is 14.6. The van der Waals surface area contributed by atoms with Gasteiger partial charge in [-0.1, -0.05) is 48.0 Å². The number of carbonyl (C=O) groups excluding carboxylic acids is 5. The second-order valence-electron chi connectivity index (χ2n) is 17.1. The predicted octanol–water partition coefficient (Wildman–Crippen LogP) is 4.94. The van der Waals surface area contributed by atoms with Gasteiger partial charge in [0.2, 0.25) is 17.7 Å². The summed E-state index contributed by atoms with van der Waals surface area (Å²) in [5.74, 6) is -0.637. The van der Waals surface area contributed by atoms with Gasteiger partial charge in [0.1, 0.15) is 30.5 Å². The lowest BCUT2D eigenvalue weighted by Gasteiger charge is -2.43. The van der Waals surface area contributed by atoms with Crippen molar-refractivity contribution in [1.82, 2.24) is 30.0 Å². The molecular formula is C47H53ClN7O8P. The van der Waals surface area contributed by atoms with Crippen LogP contribution in [0, 0.1) is 0 Å². The Morgan fingerprint density at radius 3 is 2.38 bits per heavy atom. The van der Waals surface area contributed by atoms with Gasteiger partial charge in [0.05, 0.1) is 35.6 Å². The van der Waals surface area contributed by atoms with Crippen molar-refractivity contribution in [1.29, 1.82) is 0 Å². The Labute approximate surface area is 377 Å². The normalized spacial score (nSPS) is 18.6. The van der Waals surface area contributed by atoms with Crippen LogP contribution in [0.1, 0.15) is 81.9 Å². The third-order valence-electron chi connectivity index (χ3n) is 12.7. The zero-order chi connectivity index (χ0) is 45.1. The van der Waals surface area contributed by atoms with E-state index in [0.29, 0.717) is 54.9 Å². The van der Waals surface area contributed by atoms with Crippen molar-refractivity contribution in [3.05, 3.63) is 106 Å². The first-order valence-electron chi connectivity index (χ1n) is 21.8. The lowest BCUT2D eigenvalue weighted by Crippen LogP contribution is -2.54. The van der Waals surface area contributed by atoms with E-state index in [0.717, 1.165) is 71.8 Å². The molecule has 0 radical (unpaired) electrons. The van der Waals surface area contributed by atoms with Crippen LogP contribution >= 0.6 is 18.7 Å². The fourth-order valence-corrected chi connectivity index (χ4v) is 10.7. The van der Waals surface area contributed by atoms with E-state index in [-0.39, 0.29) is 48.7 Å². The molecule has 0 saturated carbocycles. The number of anilines is 1. The second-order valence-corrected chi connectivity index (χ2v) is 20.7. The number of benzene rings is 3. The number of nitrogens with zero attached hydrogens (tertiary/aromatic N) is 6. The Bertz CT molecular complexity index is 2520. The summed E-state index contributed by atoms with van der Waals surface area (Å²) in [5, 5.41) is 3.51. The average Bonchev–Trinajstić information content (AvgIpc) is 3.55. The van der Waals surface area contributed by atoms with Crippen LogP contribution in [-0.4, -0.2) is 133 Å². The summed E-state index contributed by atoms with van der Waals surface area (Å²) in [4.78, 5) is 80.9. The molecule has 1 aromatic heterocycles. The maximum absolute atomic E-state index is 13.4. The molecule has 8 rings (SSSR count). The molecule has 4 aliphatic heterocycles. The van der Waals surface area contributed by atoms with Gasteiger partial charge in [0.25, 0.3) is 11.8 Å². The molecule has 4 aliphatic rings. The van der Waals surface area contributed by atoms with E-state index in [4.69, 9.17) is 26.1 Å². The van der Waals surface area contributed by atoms with Crippen molar-refractivity contribution in [3.63, 3.8) is 0 Å². The zero-order valence-corrected chi connectivity index (χ0v) is 38.0. The van der Waals surface area contributed by atoms with Crippen LogP contribution in [0.4, 0.5) is 5.69 Å². The highest BCUT2D eigenvalue weighted by Crippen LogP contribution is 2.37. The number of hydrogen-bond acceptors (Lipinski definition) is 12. The van der Waals surface area contributed by atoms with Gasteiger partial charge in [-0.05, 0) is 62.8 Å². The quantitative estimate of drug-likeness (QED) is 0.103. The molecule has 0 aliphatic carbocycles. The summed E-state index contributed by atoms with van der Waals surface area (Å²) in [6.45, 7) is 8.45. The van der Waals surface area contributed by atoms with Crippen LogP contribution in [0.5, 0.6) is 11.5 Å². The minimum atomic E-state index is -2.49. The Kier molecular flexibility index (Phi) is 13.5. The molecule has 3 saturated heterocycles. The number of piperidine rings is 2. The minimum Gasteiger partial charge on any atom is -0.496 e. The fourth-order valence-electron chi connectivity index (χ4n) is 9.26. The number of nitrogens with one attached hydrogen (secondary N) is 1. The first-order chi connectivity index (χ1) is 30.8. The van der Waals surface area contributed by atoms with E-state index in [2.05, 4.69) is 38.3 Å². The predicted molar refractivity (Wildman–Crippen MR) is 242 cm³/mol. The Balaban J connectivity index is 0.783. The maximum Gasteiger partial charge on any atom is 0.266 e. The summed E-state index contributed by atoms with van der Waals surface area (Å²) < 4.78 is 24.8. The molecule has 64 heavy (non-hydrogen) atoms. The summed E-state index contributed by atoms with van der Waals surface area (Å²) in [6, 6.07) is 18.1. The van der Waals surface area contributed by atoms with Gasteiger partial charge in [-0.2, -0.15) is 0 Å². The van der Waals surface area contributed by atoms with Gasteiger partial charge in [-0.15, -0.1) is 0 Å². The average molecular weight is 910 g/mol. The number of ether oxygens (including phenoxy) is 2. The standard InChI is InChI=1S/C47H53ClN7O8P/c1-62-39-28-33(14-13-30(39)27-41-49-29-35(48)36(50-41)26-31-8-4-5-11-40(31)64(2,3)61)52-19-17-32(18-20-52)53-21-23-54(24-22-53)43(57)12-7-25-63-38-10-6-9-34-44(38)47(60)55(46(34)59)37-15-16-42(56)51-45(37)58/h4-6,8-11,13-14,28-29,32,37H,7,12,15-27H2,1-3H3,(H,51,56,58). The van der Waals surface area contributed by atoms with Gasteiger partial charge in [0.15, 0.2) is 0 Å². The topological polar surface area (TPSA) is 172 Å². The van der Waals surface area contributed by atoms with E-state index < -0.39 is 36.8 Å². The molecule has 0 bridgehead atoms. The number of methoxy groups -OCH3 is 1. The van der Waals surface area contributed by atoms with E-state index in [9.17, 15) is 28.5 Å². The highest BCUT2D eigenvalue weighted by atomic mass is 35.5. The van der Waals surface area contributed by atoms with Crippen molar-refractivity contribution >= 4 is 59.3 Å². The summed E-state index contributed by atoms with van der Waals surface area (Å²) in [6.07, 6.45) is 5.41. The number of piperazine rings is 1.